The molecule has 0 amide bonds. The van der Waals surface area contributed by atoms with Crippen molar-refractivity contribution < 1.29 is 9.53 Å². The van der Waals surface area contributed by atoms with E-state index < -0.39 is 0 Å². The number of esters is 1. The lowest BCUT2D eigenvalue weighted by molar-refractivity contribution is 0.0600. The summed E-state index contributed by atoms with van der Waals surface area (Å²) < 4.78 is 4.82. The van der Waals surface area contributed by atoms with Crippen LogP contribution in [0.25, 0.3) is 10.8 Å². The van der Waals surface area contributed by atoms with Crippen molar-refractivity contribution in [1.82, 2.24) is 9.88 Å². The number of ether oxygens (including phenoxy) is 1. The first kappa shape index (κ1) is 17.7. The lowest BCUT2D eigenvalue weighted by atomic mass is 9.95. The fourth-order valence-electron chi connectivity index (χ4n) is 4.07. The highest BCUT2D eigenvalue weighted by Gasteiger charge is 2.23. The minimum absolute atomic E-state index is 0.276. The number of hydrogen-bond donors (Lipinski definition) is 0. The number of pyridine rings is 1. The van der Waals surface area contributed by atoms with Crippen LogP contribution >= 0.6 is 0 Å². The van der Waals surface area contributed by atoms with Gasteiger partial charge in [0.15, 0.2) is 0 Å². The molecule has 1 unspecified atom stereocenters. The van der Waals surface area contributed by atoms with Gasteiger partial charge in [-0.15, -0.1) is 0 Å². The predicted octanol–water partition coefficient (Wildman–Crippen LogP) is 4.09. The first-order valence-electron chi connectivity index (χ1n) is 9.44. The number of carbonyl (C=O) groups excluding carboxylic acids is 1. The third-order valence-electron chi connectivity index (χ3n) is 5.40. The lowest BCUT2D eigenvalue weighted by Gasteiger charge is -2.17. The predicted molar refractivity (Wildman–Crippen MR) is 107 cm³/mol. The van der Waals surface area contributed by atoms with Crippen molar-refractivity contribution in [2.75, 3.05) is 20.2 Å². The molecule has 0 radical (unpaired) electrons. The molecule has 0 saturated carbocycles. The first-order chi connectivity index (χ1) is 13.2. The van der Waals surface area contributed by atoms with E-state index in [0.29, 0.717) is 11.5 Å². The molecule has 0 N–H and O–H groups in total. The van der Waals surface area contributed by atoms with Gasteiger partial charge in [-0.25, -0.2) is 4.79 Å². The van der Waals surface area contributed by atoms with Gasteiger partial charge in [-0.1, -0.05) is 30.3 Å². The molecule has 3 aromatic rings. The van der Waals surface area contributed by atoms with Crippen LogP contribution in [0.5, 0.6) is 0 Å². The lowest BCUT2D eigenvalue weighted by Crippen LogP contribution is -2.21. The maximum atomic E-state index is 11.7. The van der Waals surface area contributed by atoms with Gasteiger partial charge in [0.05, 0.1) is 12.7 Å². The van der Waals surface area contributed by atoms with E-state index in [4.69, 9.17) is 4.74 Å². The third kappa shape index (κ3) is 4.01. The van der Waals surface area contributed by atoms with Gasteiger partial charge < -0.3 is 4.74 Å². The van der Waals surface area contributed by atoms with Crippen molar-refractivity contribution in [3.8, 4) is 0 Å². The summed E-state index contributed by atoms with van der Waals surface area (Å²) in [7, 11) is 1.42. The number of fused-ring (bicyclic) bond motifs is 1. The quantitative estimate of drug-likeness (QED) is 0.643. The number of hydrogen-bond acceptors (Lipinski definition) is 4. The molecule has 1 aromatic heterocycles. The summed E-state index contributed by atoms with van der Waals surface area (Å²) in [6.45, 7) is 3.06. The fraction of sp³-hybridized carbons (Fsp3) is 0.304. The summed E-state index contributed by atoms with van der Waals surface area (Å²) in [6, 6.07) is 16.4. The third-order valence-corrected chi connectivity index (χ3v) is 5.40. The Kier molecular flexibility index (Phi) is 5.16. The van der Waals surface area contributed by atoms with Gasteiger partial charge in [0.2, 0.25) is 0 Å². The molecule has 1 aliphatic heterocycles. The van der Waals surface area contributed by atoms with E-state index in [0.717, 1.165) is 31.6 Å². The zero-order chi connectivity index (χ0) is 18.6. The van der Waals surface area contributed by atoms with Gasteiger partial charge in [0.25, 0.3) is 0 Å². The second-order valence-corrected chi connectivity index (χ2v) is 7.30. The Morgan fingerprint density at radius 3 is 3.00 bits per heavy atom. The van der Waals surface area contributed by atoms with Crippen molar-refractivity contribution in [2.24, 2.45) is 5.92 Å². The Hall–Kier alpha value is -2.72. The fourth-order valence-corrected chi connectivity index (χ4v) is 4.07. The highest BCUT2D eigenvalue weighted by atomic mass is 16.5. The van der Waals surface area contributed by atoms with Crippen LogP contribution < -0.4 is 0 Å². The molecular weight excluding hydrogens is 336 g/mol. The highest BCUT2D eigenvalue weighted by molar-refractivity contribution is 5.89. The Balaban J connectivity index is 1.41. The summed E-state index contributed by atoms with van der Waals surface area (Å²) in [5, 5.41) is 2.53. The minimum atomic E-state index is -0.276. The van der Waals surface area contributed by atoms with Gasteiger partial charge in [-0.05, 0) is 60.0 Å². The molecule has 4 rings (SSSR count). The topological polar surface area (TPSA) is 42.4 Å². The van der Waals surface area contributed by atoms with E-state index in [2.05, 4.69) is 40.2 Å². The van der Waals surface area contributed by atoms with Crippen molar-refractivity contribution in [3.63, 3.8) is 0 Å². The van der Waals surface area contributed by atoms with Gasteiger partial charge >= 0.3 is 5.97 Å². The molecule has 0 spiro atoms. The molecule has 2 aromatic carbocycles. The van der Waals surface area contributed by atoms with E-state index in [-0.39, 0.29) is 5.97 Å². The van der Waals surface area contributed by atoms with Crippen molar-refractivity contribution in [2.45, 2.75) is 19.4 Å². The number of rotatable bonds is 5. The largest absolute Gasteiger partial charge is 0.465 e. The zero-order valence-corrected chi connectivity index (χ0v) is 15.6. The summed E-state index contributed by atoms with van der Waals surface area (Å²) in [5.74, 6) is 0.383. The molecule has 1 atom stereocenters. The van der Waals surface area contributed by atoms with Crippen LogP contribution in [-0.2, 0) is 17.7 Å². The Morgan fingerprint density at radius 1 is 1.22 bits per heavy atom. The number of likely N-dealkylation sites (tertiary alicyclic amines) is 1. The second-order valence-electron chi connectivity index (χ2n) is 7.30. The van der Waals surface area contributed by atoms with Crippen LogP contribution in [0.4, 0.5) is 0 Å². The first-order valence-corrected chi connectivity index (χ1v) is 9.44. The molecule has 0 aliphatic carbocycles. The molecule has 2 heterocycles. The molecule has 0 bridgehead atoms. The number of benzene rings is 2. The Morgan fingerprint density at radius 2 is 2.11 bits per heavy atom. The molecule has 27 heavy (non-hydrogen) atoms. The molecule has 138 valence electrons. The molecule has 4 nitrogen and oxygen atoms in total. The molecule has 1 saturated heterocycles. The van der Waals surface area contributed by atoms with Gasteiger partial charge in [0.1, 0.15) is 0 Å². The maximum absolute atomic E-state index is 11.7. The summed E-state index contributed by atoms with van der Waals surface area (Å²) in [4.78, 5) is 18.4. The number of carbonyl (C=O) groups is 1. The van der Waals surface area contributed by atoms with E-state index >= 15 is 0 Å². The van der Waals surface area contributed by atoms with E-state index in [1.165, 1.54) is 29.9 Å². The van der Waals surface area contributed by atoms with Gasteiger partial charge in [-0.2, -0.15) is 0 Å². The minimum Gasteiger partial charge on any atom is -0.465 e. The molecule has 4 heteroatoms. The summed E-state index contributed by atoms with van der Waals surface area (Å²) >= 11 is 0. The van der Waals surface area contributed by atoms with Crippen LogP contribution in [-0.4, -0.2) is 36.1 Å². The van der Waals surface area contributed by atoms with Crippen molar-refractivity contribution in [3.05, 3.63) is 77.6 Å². The smallest absolute Gasteiger partial charge is 0.337 e. The number of methoxy groups -OCH3 is 1. The van der Waals surface area contributed by atoms with E-state index in [1.807, 2.05) is 24.5 Å². The number of nitrogens with zero attached hydrogens (tertiary/aromatic N) is 2. The average Bonchev–Trinajstić information content (AvgIpc) is 3.14. The van der Waals surface area contributed by atoms with Gasteiger partial charge in [-0.3, -0.25) is 9.88 Å². The van der Waals surface area contributed by atoms with Crippen LogP contribution in [0, 0.1) is 5.92 Å². The van der Waals surface area contributed by atoms with Crippen LogP contribution in [0.2, 0.25) is 0 Å². The van der Waals surface area contributed by atoms with Gasteiger partial charge in [0, 0.05) is 30.9 Å². The molecule has 1 fully saturated rings. The monoisotopic (exact) mass is 360 g/mol. The number of aromatic nitrogens is 1. The summed E-state index contributed by atoms with van der Waals surface area (Å²) in [6.07, 6.45) is 6.12. The second kappa shape index (κ2) is 7.89. The van der Waals surface area contributed by atoms with E-state index in [1.54, 1.807) is 6.07 Å². The van der Waals surface area contributed by atoms with Crippen LogP contribution in [0.3, 0.4) is 0 Å². The van der Waals surface area contributed by atoms with Crippen LogP contribution in [0.15, 0.2) is 60.9 Å². The zero-order valence-electron chi connectivity index (χ0n) is 15.6. The molecule has 1 aliphatic rings. The average molecular weight is 360 g/mol. The highest BCUT2D eigenvalue weighted by Crippen LogP contribution is 2.26. The SMILES string of the molecule is COC(=O)c1cccc(CN2CCC(Cc3cccc4cnccc34)C2)c1. The maximum Gasteiger partial charge on any atom is 0.337 e. The normalized spacial score (nSPS) is 17.3. The molecular formula is C23H24N2O2. The van der Waals surface area contributed by atoms with Crippen molar-refractivity contribution in [1.29, 1.82) is 0 Å². The van der Waals surface area contributed by atoms with Crippen molar-refractivity contribution >= 4 is 16.7 Å². The standard InChI is InChI=1S/C23H24N2O2/c1-27-23(26)20-6-2-4-17(13-20)15-25-11-9-18(16-25)12-19-5-3-7-21-14-24-10-8-22(19)21/h2-8,10,13-14,18H,9,11-12,15-16H2,1H3. The van der Waals surface area contributed by atoms with Crippen LogP contribution in [0.1, 0.15) is 27.9 Å². The Bertz CT molecular complexity index is 949. The Labute approximate surface area is 159 Å². The van der Waals surface area contributed by atoms with E-state index in [9.17, 15) is 4.79 Å². The summed E-state index contributed by atoms with van der Waals surface area (Å²) in [5.41, 5.74) is 3.19.